The minimum absolute atomic E-state index is 0.113. The van der Waals surface area contributed by atoms with E-state index in [0.717, 1.165) is 28.8 Å². The van der Waals surface area contributed by atoms with Gasteiger partial charge in [0.1, 0.15) is 17.7 Å². The van der Waals surface area contributed by atoms with Crippen LogP contribution in [-0.2, 0) is 27.2 Å². The number of fused-ring (bicyclic) bond motifs is 1. The van der Waals surface area contributed by atoms with Crippen LogP contribution in [0.4, 0.5) is 27.9 Å². The third-order valence-corrected chi connectivity index (χ3v) is 8.71. The molecule has 3 heterocycles. The summed E-state index contributed by atoms with van der Waals surface area (Å²) < 4.78 is 10.1. The van der Waals surface area contributed by atoms with E-state index in [4.69, 9.17) is 10.5 Å². The molecule has 1 saturated heterocycles. The fraction of sp³-hybridized carbons (Fsp3) is 0.364. The molecule has 1 aliphatic heterocycles. The van der Waals surface area contributed by atoms with Crippen molar-refractivity contribution in [3.63, 3.8) is 0 Å². The summed E-state index contributed by atoms with van der Waals surface area (Å²) in [6.45, 7) is 3.16. The van der Waals surface area contributed by atoms with Gasteiger partial charge in [-0.15, -0.1) is 0 Å². The number of hydrogen-bond acceptors (Lipinski definition) is 15. The number of thiocarbonyl (C=S) groups is 1. The maximum atomic E-state index is 12.3. The average molecular weight is 750 g/mol. The number of nitrogens with one attached hydrogen (secondary N) is 5. The molecule has 19 heteroatoms. The van der Waals surface area contributed by atoms with E-state index < -0.39 is 30.4 Å². The Morgan fingerprint density at radius 3 is 2.40 bits per heavy atom. The van der Waals surface area contributed by atoms with Crippen LogP contribution in [-0.4, -0.2) is 96.4 Å². The first-order valence-corrected chi connectivity index (χ1v) is 17.7. The van der Waals surface area contributed by atoms with Gasteiger partial charge in [0.25, 0.3) is 11.1 Å². The number of ether oxygens (including phenoxy) is 1. The molecule has 17 nitrogen and oxygen atoms in total. The van der Waals surface area contributed by atoms with Crippen molar-refractivity contribution in [3.8, 4) is 0 Å². The number of aliphatic imine (C=N–C) groups is 1. The standard InChI is InChI=1S/C33H39N11O6S2/c1-2-35-30(48)27-25(46)26(47)31(50-27)44-17-39-24-28(34)41-32(42-29(24)44)37-14-13-20-5-3-19(4-6-20)7-12-23(45)36-15-16-38-33(49)52-43-22-10-8-21(9-11-22)40-18-51/h3-6,8-11,17,25-27,31,43,46-47H,2,7,12-16H2,1H3,(H,35,48)(H,36,45)(H,38,49)(H3,34,37,41,42)/t25-,26+,27-,31+/m0/s1. The summed E-state index contributed by atoms with van der Waals surface area (Å²) in [6, 6.07) is 15.0. The highest BCUT2D eigenvalue weighted by molar-refractivity contribution is 8.14. The Labute approximate surface area is 308 Å². The summed E-state index contributed by atoms with van der Waals surface area (Å²) in [5, 5.41) is 34.4. The summed E-state index contributed by atoms with van der Waals surface area (Å²) >= 11 is 5.48. The Balaban J connectivity index is 1.01. The van der Waals surface area contributed by atoms with Crippen molar-refractivity contribution in [2.24, 2.45) is 4.99 Å². The number of anilines is 3. The zero-order chi connectivity index (χ0) is 37.0. The molecule has 274 valence electrons. The molecule has 0 unspecified atom stereocenters. The smallest absolute Gasteiger partial charge is 0.299 e. The Morgan fingerprint density at radius 1 is 0.981 bits per heavy atom. The summed E-state index contributed by atoms with van der Waals surface area (Å²) in [7, 11) is 0. The van der Waals surface area contributed by atoms with E-state index >= 15 is 0 Å². The van der Waals surface area contributed by atoms with Crippen molar-refractivity contribution in [1.82, 2.24) is 35.5 Å². The number of aliphatic hydroxyl groups is 2. The lowest BCUT2D eigenvalue weighted by Gasteiger charge is -2.16. The highest BCUT2D eigenvalue weighted by atomic mass is 32.2. The van der Waals surface area contributed by atoms with Gasteiger partial charge in [-0.05, 0) is 67.4 Å². The second kappa shape index (κ2) is 18.4. The van der Waals surface area contributed by atoms with Gasteiger partial charge in [-0.25, -0.2) is 4.98 Å². The molecule has 1 fully saturated rings. The highest BCUT2D eigenvalue weighted by Gasteiger charge is 2.47. The number of hydrogen-bond donors (Lipinski definition) is 8. The summed E-state index contributed by atoms with van der Waals surface area (Å²) in [5.74, 6) is -0.301. The van der Waals surface area contributed by atoms with Gasteiger partial charge in [0.05, 0.1) is 17.2 Å². The van der Waals surface area contributed by atoms with E-state index in [9.17, 15) is 24.6 Å². The number of rotatable bonds is 16. The van der Waals surface area contributed by atoms with E-state index in [2.05, 4.69) is 63.3 Å². The highest BCUT2D eigenvalue weighted by Crippen LogP contribution is 2.32. The molecular weight excluding hydrogens is 711 g/mol. The molecule has 5 rings (SSSR count). The van der Waals surface area contributed by atoms with Gasteiger partial charge in [-0.2, -0.15) is 15.0 Å². The lowest BCUT2D eigenvalue weighted by molar-refractivity contribution is -0.137. The van der Waals surface area contributed by atoms with E-state index in [1.54, 1.807) is 31.2 Å². The molecule has 0 bridgehead atoms. The maximum Gasteiger partial charge on any atom is 0.299 e. The zero-order valence-corrected chi connectivity index (χ0v) is 29.7. The van der Waals surface area contributed by atoms with Gasteiger partial charge in [0.2, 0.25) is 11.9 Å². The van der Waals surface area contributed by atoms with Gasteiger partial charge < -0.3 is 46.7 Å². The fourth-order valence-corrected chi connectivity index (χ4v) is 5.91. The van der Waals surface area contributed by atoms with Crippen LogP contribution >= 0.6 is 24.2 Å². The Kier molecular flexibility index (Phi) is 13.4. The topological polar surface area (TPSA) is 243 Å². The van der Waals surface area contributed by atoms with Crippen LogP contribution in [0, 0.1) is 0 Å². The molecule has 0 radical (unpaired) electrons. The fourth-order valence-electron chi connectivity index (χ4n) is 5.29. The number of aryl methyl sites for hydroxylation is 1. The molecule has 2 aromatic carbocycles. The number of amides is 3. The number of nitrogen functional groups attached to an aromatic ring is 1. The summed E-state index contributed by atoms with van der Waals surface area (Å²) in [4.78, 5) is 53.6. The predicted molar refractivity (Wildman–Crippen MR) is 200 cm³/mol. The molecule has 52 heavy (non-hydrogen) atoms. The van der Waals surface area contributed by atoms with Crippen molar-refractivity contribution in [2.75, 3.05) is 42.0 Å². The van der Waals surface area contributed by atoms with Gasteiger partial charge in [-0.3, -0.25) is 19.0 Å². The lowest BCUT2D eigenvalue weighted by atomic mass is 10.1. The van der Waals surface area contributed by atoms with Crippen LogP contribution in [0.25, 0.3) is 11.2 Å². The normalized spacial score (nSPS) is 18.0. The van der Waals surface area contributed by atoms with E-state index in [0.29, 0.717) is 51.1 Å². The third-order valence-electron chi connectivity index (χ3n) is 7.95. The minimum atomic E-state index is -1.44. The minimum Gasteiger partial charge on any atom is -0.387 e. The Morgan fingerprint density at radius 2 is 1.69 bits per heavy atom. The largest absolute Gasteiger partial charge is 0.387 e. The van der Waals surface area contributed by atoms with Crippen molar-refractivity contribution < 1.29 is 29.3 Å². The number of carbonyl (C=O) groups excluding carboxylic acids is 3. The van der Waals surface area contributed by atoms with Crippen LogP contribution in [0.5, 0.6) is 0 Å². The van der Waals surface area contributed by atoms with Crippen molar-refractivity contribution in [2.45, 2.75) is 50.7 Å². The van der Waals surface area contributed by atoms with E-state index in [1.807, 2.05) is 24.3 Å². The predicted octanol–water partition coefficient (Wildman–Crippen LogP) is 2.07. The van der Waals surface area contributed by atoms with Gasteiger partial charge >= 0.3 is 0 Å². The quantitative estimate of drug-likeness (QED) is 0.0354. The average Bonchev–Trinajstić information content (AvgIpc) is 3.69. The van der Waals surface area contributed by atoms with Gasteiger partial charge in [-0.1, -0.05) is 24.3 Å². The molecule has 3 amide bonds. The molecular formula is C33H39N11O6S2. The number of imidazole rings is 1. The summed E-state index contributed by atoms with van der Waals surface area (Å²) in [5.41, 5.74) is 10.2. The van der Waals surface area contributed by atoms with Crippen molar-refractivity contribution >= 4 is 80.7 Å². The number of likely N-dealkylation sites (N-methyl/N-ethyl adjacent to an activating group) is 1. The summed E-state index contributed by atoms with van der Waals surface area (Å²) in [6.07, 6.45) is -2.35. The van der Waals surface area contributed by atoms with Crippen LogP contribution in [0.3, 0.4) is 0 Å². The monoisotopic (exact) mass is 749 g/mol. The van der Waals surface area contributed by atoms with E-state index in [-0.39, 0.29) is 34.1 Å². The second-order valence-electron chi connectivity index (χ2n) is 11.6. The van der Waals surface area contributed by atoms with Crippen molar-refractivity contribution in [1.29, 1.82) is 0 Å². The lowest BCUT2D eigenvalue weighted by Crippen LogP contribution is -2.42. The number of aromatic nitrogens is 4. The second-order valence-corrected chi connectivity index (χ2v) is 12.6. The van der Waals surface area contributed by atoms with Crippen LogP contribution in [0.2, 0.25) is 0 Å². The Bertz CT molecular complexity index is 1900. The zero-order valence-electron chi connectivity index (χ0n) is 28.1. The van der Waals surface area contributed by atoms with Crippen molar-refractivity contribution in [3.05, 3.63) is 66.0 Å². The van der Waals surface area contributed by atoms with Gasteiger partial charge in [0.15, 0.2) is 23.8 Å². The molecule has 0 spiro atoms. The third kappa shape index (κ3) is 9.99. The Hall–Kier alpha value is -5.17. The first-order chi connectivity index (χ1) is 25.2. The molecule has 0 saturated carbocycles. The van der Waals surface area contributed by atoms with Crippen LogP contribution < -0.4 is 31.7 Å². The number of aliphatic hydroxyl groups excluding tert-OH is 2. The number of carbonyl (C=O) groups is 3. The van der Waals surface area contributed by atoms with Gasteiger partial charge in [0, 0.05) is 50.2 Å². The molecule has 4 aromatic rings. The number of nitrogens with zero attached hydrogens (tertiary/aromatic N) is 5. The number of isothiocyanates is 1. The van der Waals surface area contributed by atoms with Crippen LogP contribution in [0.1, 0.15) is 30.7 Å². The van der Waals surface area contributed by atoms with E-state index in [1.165, 1.54) is 10.9 Å². The molecule has 9 N–H and O–H groups in total. The molecule has 0 aliphatic carbocycles. The number of benzene rings is 2. The number of nitrogens with two attached hydrogens (primary N) is 1. The molecule has 4 atom stereocenters. The first-order valence-electron chi connectivity index (χ1n) is 16.4. The molecule has 1 aliphatic rings. The maximum absolute atomic E-state index is 12.3. The van der Waals surface area contributed by atoms with Crippen LogP contribution in [0.15, 0.2) is 59.9 Å². The SMILES string of the molecule is CCNC(=O)[C@H]1O[C@@H](n2cnc3c(N)nc(NCCc4ccc(CCC(=O)NCCNC(=O)SNc5ccc(N=C=S)cc5)cc4)nc32)[C@H](O)[C@@H]1O. The first kappa shape index (κ1) is 38.1. The molecule has 2 aromatic heterocycles.